The predicted octanol–water partition coefficient (Wildman–Crippen LogP) is 3.30. The summed E-state index contributed by atoms with van der Waals surface area (Å²) in [4.78, 5) is 12.4. The van der Waals surface area contributed by atoms with E-state index < -0.39 is 0 Å². The molecule has 1 unspecified atom stereocenters. The van der Waals surface area contributed by atoms with Crippen LogP contribution in [-0.4, -0.2) is 19.1 Å². The molecule has 2 aromatic carbocycles. The summed E-state index contributed by atoms with van der Waals surface area (Å²) in [7, 11) is 0. The number of carbonyl (C=O) groups is 1. The number of fused-ring (bicyclic) bond motifs is 1. The number of para-hydroxylation sites is 1. The van der Waals surface area contributed by atoms with Crippen LogP contribution in [0.1, 0.15) is 30.4 Å². The van der Waals surface area contributed by atoms with Gasteiger partial charge in [-0.1, -0.05) is 37.3 Å². The van der Waals surface area contributed by atoms with Crippen molar-refractivity contribution < 1.29 is 9.53 Å². The minimum absolute atomic E-state index is 0.0168. The number of benzene rings is 2. The highest BCUT2D eigenvalue weighted by Crippen LogP contribution is 2.33. The van der Waals surface area contributed by atoms with Gasteiger partial charge < -0.3 is 15.4 Å². The van der Waals surface area contributed by atoms with E-state index in [9.17, 15) is 4.79 Å². The molecule has 1 aliphatic rings. The third kappa shape index (κ3) is 3.65. The van der Waals surface area contributed by atoms with Crippen molar-refractivity contribution in [1.29, 1.82) is 0 Å². The van der Waals surface area contributed by atoms with E-state index in [0.29, 0.717) is 13.2 Å². The van der Waals surface area contributed by atoms with Crippen molar-refractivity contribution in [3.63, 3.8) is 0 Å². The van der Waals surface area contributed by atoms with Crippen molar-refractivity contribution in [3.8, 4) is 5.75 Å². The topological polar surface area (TPSA) is 50.4 Å². The van der Waals surface area contributed by atoms with Gasteiger partial charge in [-0.15, -0.1) is 0 Å². The predicted molar refractivity (Wildman–Crippen MR) is 91.7 cm³/mol. The second kappa shape index (κ2) is 7.18. The Bertz CT molecular complexity index is 667. The Morgan fingerprint density at radius 1 is 1.17 bits per heavy atom. The second-order valence-electron chi connectivity index (χ2n) is 5.74. The van der Waals surface area contributed by atoms with E-state index in [1.807, 2.05) is 48.5 Å². The fourth-order valence-corrected chi connectivity index (χ4v) is 2.70. The van der Waals surface area contributed by atoms with Gasteiger partial charge in [0.1, 0.15) is 18.3 Å². The quantitative estimate of drug-likeness (QED) is 0.860. The molecule has 2 aromatic rings. The normalized spacial score (nSPS) is 15.6. The van der Waals surface area contributed by atoms with Crippen LogP contribution in [0.3, 0.4) is 0 Å². The van der Waals surface area contributed by atoms with Crippen LogP contribution in [0, 0.1) is 0 Å². The second-order valence-corrected chi connectivity index (χ2v) is 5.74. The number of anilines is 1. The van der Waals surface area contributed by atoms with Gasteiger partial charge in [0, 0.05) is 24.3 Å². The van der Waals surface area contributed by atoms with Crippen molar-refractivity contribution in [2.75, 3.05) is 18.5 Å². The number of ether oxygens (including phenoxy) is 1. The fraction of sp³-hybridized carbons (Fsp3) is 0.316. The van der Waals surface area contributed by atoms with Gasteiger partial charge in [-0.3, -0.25) is 4.79 Å². The summed E-state index contributed by atoms with van der Waals surface area (Å²) in [5.41, 5.74) is 3.18. The zero-order valence-electron chi connectivity index (χ0n) is 13.3. The van der Waals surface area contributed by atoms with Crippen LogP contribution in [0.2, 0.25) is 0 Å². The molecule has 23 heavy (non-hydrogen) atoms. The standard InChI is InChI=1S/C19H22N2O2/c1-2-11-20-15-9-7-14(8-10-15)12-21-19(22)17-13-23-18-6-4-3-5-16(17)18/h3-10,17,20H,2,11-13H2,1H3,(H,21,22). The fourth-order valence-electron chi connectivity index (χ4n) is 2.70. The average molecular weight is 310 g/mol. The molecule has 0 aromatic heterocycles. The van der Waals surface area contributed by atoms with Crippen molar-refractivity contribution in [3.05, 3.63) is 59.7 Å². The Morgan fingerprint density at radius 3 is 2.74 bits per heavy atom. The molecule has 0 radical (unpaired) electrons. The van der Waals surface area contributed by atoms with Gasteiger partial charge >= 0.3 is 0 Å². The van der Waals surface area contributed by atoms with Crippen LogP contribution >= 0.6 is 0 Å². The van der Waals surface area contributed by atoms with E-state index in [1.165, 1.54) is 0 Å². The largest absolute Gasteiger partial charge is 0.492 e. The maximum absolute atomic E-state index is 12.4. The first kappa shape index (κ1) is 15.4. The number of rotatable bonds is 6. The first-order valence-corrected chi connectivity index (χ1v) is 8.10. The van der Waals surface area contributed by atoms with Crippen LogP contribution in [-0.2, 0) is 11.3 Å². The van der Waals surface area contributed by atoms with E-state index in [2.05, 4.69) is 17.6 Å². The molecule has 1 aliphatic heterocycles. The summed E-state index contributed by atoms with van der Waals surface area (Å²) in [6.07, 6.45) is 1.10. The van der Waals surface area contributed by atoms with Gasteiger partial charge in [-0.25, -0.2) is 0 Å². The van der Waals surface area contributed by atoms with E-state index >= 15 is 0 Å². The van der Waals surface area contributed by atoms with Crippen LogP contribution in [0.25, 0.3) is 0 Å². The van der Waals surface area contributed by atoms with Gasteiger partial charge in [0.05, 0.1) is 0 Å². The molecular weight excluding hydrogens is 288 g/mol. The molecule has 0 bridgehead atoms. The molecule has 120 valence electrons. The van der Waals surface area contributed by atoms with Crippen LogP contribution < -0.4 is 15.4 Å². The van der Waals surface area contributed by atoms with Crippen molar-refractivity contribution >= 4 is 11.6 Å². The van der Waals surface area contributed by atoms with Gasteiger partial charge in [0.15, 0.2) is 0 Å². The number of hydrogen-bond acceptors (Lipinski definition) is 3. The van der Waals surface area contributed by atoms with Crippen molar-refractivity contribution in [1.82, 2.24) is 5.32 Å². The van der Waals surface area contributed by atoms with Gasteiger partial charge in [0.2, 0.25) is 5.91 Å². The van der Waals surface area contributed by atoms with Crippen LogP contribution in [0.5, 0.6) is 5.75 Å². The Labute approximate surface area is 136 Å². The molecule has 0 saturated carbocycles. The summed E-state index contributed by atoms with van der Waals surface area (Å²) in [5.74, 6) is 0.624. The van der Waals surface area contributed by atoms with E-state index in [0.717, 1.165) is 35.5 Å². The SMILES string of the molecule is CCCNc1ccc(CNC(=O)C2COc3ccccc32)cc1. The Morgan fingerprint density at radius 2 is 1.96 bits per heavy atom. The first-order chi connectivity index (χ1) is 11.3. The van der Waals surface area contributed by atoms with Crippen LogP contribution in [0.15, 0.2) is 48.5 Å². The molecule has 1 atom stereocenters. The zero-order chi connectivity index (χ0) is 16.1. The molecule has 4 nitrogen and oxygen atoms in total. The number of amides is 1. The summed E-state index contributed by atoms with van der Waals surface area (Å²) in [5, 5.41) is 6.34. The lowest BCUT2D eigenvalue weighted by atomic mass is 10.0. The highest BCUT2D eigenvalue weighted by Gasteiger charge is 2.29. The highest BCUT2D eigenvalue weighted by molar-refractivity contribution is 5.85. The zero-order valence-corrected chi connectivity index (χ0v) is 13.3. The van der Waals surface area contributed by atoms with Gasteiger partial charge in [-0.05, 0) is 30.2 Å². The minimum atomic E-state index is -0.211. The van der Waals surface area contributed by atoms with Gasteiger partial charge in [0.25, 0.3) is 0 Å². The Balaban J connectivity index is 1.55. The van der Waals surface area contributed by atoms with Gasteiger partial charge in [-0.2, -0.15) is 0 Å². The molecule has 0 saturated heterocycles. The Hall–Kier alpha value is -2.49. The van der Waals surface area contributed by atoms with Crippen molar-refractivity contribution in [2.24, 2.45) is 0 Å². The smallest absolute Gasteiger partial charge is 0.231 e. The Kier molecular flexibility index (Phi) is 4.81. The lowest BCUT2D eigenvalue weighted by Gasteiger charge is -2.11. The molecule has 1 amide bonds. The minimum Gasteiger partial charge on any atom is -0.492 e. The van der Waals surface area contributed by atoms with E-state index in [-0.39, 0.29) is 11.8 Å². The molecule has 4 heteroatoms. The summed E-state index contributed by atoms with van der Waals surface area (Å²) in [6, 6.07) is 15.9. The molecular formula is C19H22N2O2. The molecule has 0 spiro atoms. The maximum atomic E-state index is 12.4. The van der Waals surface area contributed by atoms with Crippen molar-refractivity contribution in [2.45, 2.75) is 25.8 Å². The van der Waals surface area contributed by atoms with Crippen LogP contribution in [0.4, 0.5) is 5.69 Å². The monoisotopic (exact) mass is 310 g/mol. The van der Waals surface area contributed by atoms with E-state index in [1.54, 1.807) is 0 Å². The summed E-state index contributed by atoms with van der Waals surface area (Å²) in [6.45, 7) is 4.07. The lowest BCUT2D eigenvalue weighted by molar-refractivity contribution is -0.122. The van der Waals surface area contributed by atoms with E-state index in [4.69, 9.17) is 4.74 Å². The third-order valence-electron chi connectivity index (χ3n) is 4.02. The maximum Gasteiger partial charge on any atom is 0.231 e. The number of hydrogen-bond donors (Lipinski definition) is 2. The number of nitrogens with one attached hydrogen (secondary N) is 2. The molecule has 0 aliphatic carbocycles. The lowest BCUT2D eigenvalue weighted by Crippen LogP contribution is -2.29. The third-order valence-corrected chi connectivity index (χ3v) is 4.02. The average Bonchev–Trinajstić information content (AvgIpc) is 3.03. The molecule has 3 rings (SSSR count). The molecule has 0 fully saturated rings. The number of carbonyl (C=O) groups excluding carboxylic acids is 1. The summed E-state index contributed by atoms with van der Waals surface area (Å²) < 4.78 is 5.57. The highest BCUT2D eigenvalue weighted by atomic mass is 16.5. The first-order valence-electron chi connectivity index (χ1n) is 8.10. The molecule has 2 N–H and O–H groups in total. The molecule has 1 heterocycles. The summed E-state index contributed by atoms with van der Waals surface area (Å²) >= 11 is 0.